The Balaban J connectivity index is 2.93. The lowest BCUT2D eigenvalue weighted by atomic mass is 10.1. The normalized spacial score (nSPS) is 26.4. The smallest absolute Gasteiger partial charge is 0.150 e. The molecule has 1 heterocycles. The van der Waals surface area contributed by atoms with Crippen LogP contribution >= 0.6 is 0 Å². The summed E-state index contributed by atoms with van der Waals surface area (Å²) >= 11 is 0. The average molecular weight is 140 g/mol. The second-order valence-electron chi connectivity index (χ2n) is 2.82. The van der Waals surface area contributed by atoms with Crippen LogP contribution in [0.2, 0.25) is 0 Å². The predicted molar refractivity (Wildman–Crippen MR) is 40.1 cm³/mol. The molecule has 56 valence electrons. The number of amidine groups is 1. The van der Waals surface area contributed by atoms with E-state index in [9.17, 15) is 0 Å². The van der Waals surface area contributed by atoms with E-state index in [4.69, 9.17) is 0 Å². The van der Waals surface area contributed by atoms with E-state index in [1.165, 1.54) is 0 Å². The Morgan fingerprint density at radius 1 is 1.50 bits per heavy atom. The predicted octanol–water partition coefficient (Wildman–Crippen LogP) is 1.11. The number of rotatable bonds is 0. The lowest BCUT2D eigenvalue weighted by Crippen LogP contribution is -2.33. The Kier molecular flexibility index (Phi) is 1.46. The molecule has 0 atom stereocenters. The van der Waals surface area contributed by atoms with Gasteiger partial charge < -0.3 is 0 Å². The van der Waals surface area contributed by atoms with Crippen molar-refractivity contribution in [3.63, 3.8) is 0 Å². The van der Waals surface area contributed by atoms with Gasteiger partial charge in [-0.25, -0.2) is 5.01 Å². The van der Waals surface area contributed by atoms with Gasteiger partial charge in [-0.3, -0.25) is 4.99 Å². The molecule has 10 heavy (non-hydrogen) atoms. The third kappa shape index (κ3) is 0.894. The molecule has 0 aliphatic carbocycles. The first-order valence-electron chi connectivity index (χ1n) is 3.22. The van der Waals surface area contributed by atoms with Crippen LogP contribution in [0.4, 0.5) is 0 Å². The summed E-state index contributed by atoms with van der Waals surface area (Å²) in [5.74, 6) is 0.910. The second kappa shape index (κ2) is 2.04. The van der Waals surface area contributed by atoms with Crippen molar-refractivity contribution in [3.05, 3.63) is 0 Å². The van der Waals surface area contributed by atoms with Gasteiger partial charge in [-0.1, -0.05) is 5.22 Å². The van der Waals surface area contributed by atoms with Gasteiger partial charge in [-0.05, 0) is 13.8 Å². The zero-order chi connectivity index (χ0) is 7.78. The van der Waals surface area contributed by atoms with Gasteiger partial charge in [0, 0.05) is 14.1 Å². The molecule has 1 rings (SSSR count). The maximum absolute atomic E-state index is 4.08. The zero-order valence-electron chi connectivity index (χ0n) is 6.79. The topological polar surface area (TPSA) is 40.3 Å². The van der Waals surface area contributed by atoms with Crippen LogP contribution in [0.15, 0.2) is 15.3 Å². The van der Waals surface area contributed by atoms with Gasteiger partial charge >= 0.3 is 0 Å². The van der Waals surface area contributed by atoms with Crippen molar-refractivity contribution in [2.45, 2.75) is 19.4 Å². The number of likely N-dealkylation sites (N-methyl/N-ethyl adjacent to an activating group) is 1. The number of nitrogens with zero attached hydrogens (tertiary/aromatic N) is 4. The summed E-state index contributed by atoms with van der Waals surface area (Å²) in [4.78, 5) is 4.08. The lowest BCUT2D eigenvalue weighted by molar-refractivity contribution is 0.534. The fourth-order valence-electron chi connectivity index (χ4n) is 1.08. The van der Waals surface area contributed by atoms with E-state index in [1.54, 1.807) is 12.1 Å². The van der Waals surface area contributed by atoms with Gasteiger partial charge in [0.1, 0.15) is 5.54 Å². The highest BCUT2D eigenvalue weighted by atomic mass is 15.6. The first-order chi connectivity index (χ1) is 4.58. The Labute approximate surface area is 60.6 Å². The van der Waals surface area contributed by atoms with Crippen molar-refractivity contribution in [1.29, 1.82) is 0 Å². The summed E-state index contributed by atoms with van der Waals surface area (Å²) in [5.41, 5.74) is -0.233. The Morgan fingerprint density at radius 2 is 2.10 bits per heavy atom. The van der Waals surface area contributed by atoms with Gasteiger partial charge in [-0.2, -0.15) is 5.11 Å². The highest BCUT2D eigenvalue weighted by molar-refractivity contribution is 5.91. The van der Waals surface area contributed by atoms with Gasteiger partial charge in [-0.15, -0.1) is 0 Å². The summed E-state index contributed by atoms with van der Waals surface area (Å²) in [6.07, 6.45) is 0. The van der Waals surface area contributed by atoms with Crippen LogP contribution in [0.5, 0.6) is 0 Å². The van der Waals surface area contributed by atoms with Crippen LogP contribution < -0.4 is 0 Å². The van der Waals surface area contributed by atoms with E-state index in [0.29, 0.717) is 0 Å². The molecule has 1 aliphatic heterocycles. The third-order valence-corrected chi connectivity index (χ3v) is 1.49. The molecule has 1 aliphatic rings. The minimum Gasteiger partial charge on any atom is -0.272 e. The summed E-state index contributed by atoms with van der Waals surface area (Å²) in [7, 11) is 3.60. The molecule has 0 N–H and O–H groups in total. The first kappa shape index (κ1) is 7.18. The molecular formula is C6H12N4. The molecule has 0 spiro atoms. The maximum atomic E-state index is 4.08. The van der Waals surface area contributed by atoms with Crippen LogP contribution in [0.3, 0.4) is 0 Å². The molecular weight excluding hydrogens is 128 g/mol. The fraction of sp³-hybridized carbons (Fsp3) is 0.833. The van der Waals surface area contributed by atoms with E-state index in [0.717, 1.165) is 5.84 Å². The van der Waals surface area contributed by atoms with E-state index in [1.807, 2.05) is 20.9 Å². The first-order valence-corrected chi connectivity index (χ1v) is 3.22. The lowest BCUT2D eigenvalue weighted by Gasteiger charge is -2.15. The van der Waals surface area contributed by atoms with Gasteiger partial charge in [0.2, 0.25) is 0 Å². The minimum atomic E-state index is -0.233. The fourth-order valence-corrected chi connectivity index (χ4v) is 1.08. The molecule has 0 fully saturated rings. The van der Waals surface area contributed by atoms with Crippen LogP contribution in [0.25, 0.3) is 0 Å². The highest BCUT2D eigenvalue weighted by Gasteiger charge is 2.32. The van der Waals surface area contributed by atoms with Crippen molar-refractivity contribution >= 4 is 5.84 Å². The van der Waals surface area contributed by atoms with E-state index < -0.39 is 0 Å². The van der Waals surface area contributed by atoms with Crippen LogP contribution in [-0.2, 0) is 0 Å². The second-order valence-corrected chi connectivity index (χ2v) is 2.82. The maximum Gasteiger partial charge on any atom is 0.150 e. The number of hydrogen-bond acceptors (Lipinski definition) is 3. The molecule has 4 nitrogen and oxygen atoms in total. The molecule has 4 heteroatoms. The molecule has 0 saturated heterocycles. The summed E-state index contributed by atoms with van der Waals surface area (Å²) in [6, 6.07) is 0. The summed E-state index contributed by atoms with van der Waals surface area (Å²) in [6.45, 7) is 3.98. The van der Waals surface area contributed by atoms with Crippen LogP contribution in [-0.4, -0.2) is 30.5 Å². The van der Waals surface area contributed by atoms with E-state index in [-0.39, 0.29) is 5.54 Å². The molecule has 0 radical (unpaired) electrons. The third-order valence-electron chi connectivity index (χ3n) is 1.49. The molecule has 0 aromatic rings. The molecule has 0 unspecified atom stereocenters. The van der Waals surface area contributed by atoms with Gasteiger partial charge in [0.05, 0.1) is 0 Å². The minimum absolute atomic E-state index is 0.233. The number of aliphatic imine (C=N–C) groups is 1. The molecule has 0 aromatic carbocycles. The summed E-state index contributed by atoms with van der Waals surface area (Å²) in [5, 5.41) is 9.58. The van der Waals surface area contributed by atoms with Crippen molar-refractivity contribution in [2.24, 2.45) is 15.3 Å². The van der Waals surface area contributed by atoms with Crippen molar-refractivity contribution in [1.82, 2.24) is 5.01 Å². The molecule has 0 aromatic heterocycles. The Morgan fingerprint density at radius 3 is 2.30 bits per heavy atom. The molecule has 0 bridgehead atoms. The largest absolute Gasteiger partial charge is 0.272 e. The van der Waals surface area contributed by atoms with Gasteiger partial charge in [0.15, 0.2) is 5.84 Å². The SMILES string of the molecule is CN=C1N(C)N=NC1(C)C. The summed E-state index contributed by atoms with van der Waals surface area (Å²) < 4.78 is 0. The Hall–Kier alpha value is -0.930. The van der Waals surface area contributed by atoms with E-state index in [2.05, 4.69) is 15.3 Å². The van der Waals surface area contributed by atoms with Crippen LogP contribution in [0, 0.1) is 0 Å². The highest BCUT2D eigenvalue weighted by Crippen LogP contribution is 2.20. The van der Waals surface area contributed by atoms with Crippen molar-refractivity contribution in [3.8, 4) is 0 Å². The quantitative estimate of drug-likeness (QED) is 0.496. The standard InChI is InChI=1S/C6H12N4/c1-6(2)5(7-3)10(4)9-8-6/h1-4H3. The number of hydrogen-bond donors (Lipinski definition) is 0. The average Bonchev–Trinajstić information content (AvgIpc) is 2.07. The van der Waals surface area contributed by atoms with Crippen LogP contribution in [0.1, 0.15) is 13.8 Å². The van der Waals surface area contributed by atoms with Crippen molar-refractivity contribution < 1.29 is 0 Å². The van der Waals surface area contributed by atoms with Gasteiger partial charge in [0.25, 0.3) is 0 Å². The Bertz CT molecular complexity index is 192. The molecule has 0 saturated carbocycles. The van der Waals surface area contributed by atoms with Crippen molar-refractivity contribution in [2.75, 3.05) is 14.1 Å². The zero-order valence-corrected chi connectivity index (χ0v) is 6.79. The molecule has 0 amide bonds. The monoisotopic (exact) mass is 140 g/mol. The van der Waals surface area contributed by atoms with E-state index >= 15 is 0 Å².